The van der Waals surface area contributed by atoms with E-state index < -0.39 is 0 Å². The molecule has 3 aliphatic carbocycles. The second-order valence-corrected chi connectivity index (χ2v) is 6.90. The van der Waals surface area contributed by atoms with Crippen LogP contribution in [0.15, 0.2) is 48.5 Å². The lowest BCUT2D eigenvalue weighted by Gasteiger charge is -2.49. The zero-order valence-corrected chi connectivity index (χ0v) is 14.0. The van der Waals surface area contributed by atoms with Crippen LogP contribution in [0, 0.1) is 5.92 Å². The van der Waals surface area contributed by atoms with E-state index in [-0.39, 0.29) is 0 Å². The van der Waals surface area contributed by atoms with Crippen molar-refractivity contribution >= 4 is 0 Å². The van der Waals surface area contributed by atoms with E-state index in [2.05, 4.69) is 54.7 Å². The van der Waals surface area contributed by atoms with Crippen LogP contribution < -0.4 is 10.1 Å². The van der Waals surface area contributed by atoms with Crippen LogP contribution in [0.2, 0.25) is 0 Å². The van der Waals surface area contributed by atoms with Crippen LogP contribution >= 0.6 is 0 Å². The zero-order chi connectivity index (χ0) is 15.8. The van der Waals surface area contributed by atoms with Gasteiger partial charge in [0.2, 0.25) is 0 Å². The van der Waals surface area contributed by atoms with E-state index >= 15 is 0 Å². The summed E-state index contributed by atoms with van der Waals surface area (Å²) in [6.07, 6.45) is 3.75. The van der Waals surface area contributed by atoms with Crippen LogP contribution in [0.3, 0.4) is 0 Å². The van der Waals surface area contributed by atoms with Crippen molar-refractivity contribution < 1.29 is 4.74 Å². The average molecular weight is 307 g/mol. The van der Waals surface area contributed by atoms with E-state index in [1.54, 1.807) is 12.7 Å². The van der Waals surface area contributed by atoms with E-state index in [0.717, 1.165) is 24.0 Å². The molecule has 120 valence electrons. The van der Waals surface area contributed by atoms with E-state index in [0.29, 0.717) is 12.1 Å². The van der Waals surface area contributed by atoms with Crippen molar-refractivity contribution in [1.29, 1.82) is 0 Å². The minimum atomic E-state index is 0.335. The largest absolute Gasteiger partial charge is 0.496 e. The first kappa shape index (κ1) is 14.8. The lowest BCUT2D eigenvalue weighted by molar-refractivity contribution is 0.157. The van der Waals surface area contributed by atoms with Gasteiger partial charge in [0.1, 0.15) is 5.75 Å². The third-order valence-electron chi connectivity index (χ3n) is 5.72. The van der Waals surface area contributed by atoms with Crippen LogP contribution in [-0.4, -0.2) is 7.11 Å². The lowest BCUT2D eigenvalue weighted by atomic mass is 9.60. The Morgan fingerprint density at radius 3 is 2.48 bits per heavy atom. The maximum absolute atomic E-state index is 5.58. The SMILES string of the molecule is CCC(NC1c2ccccc2C2CC1C2)c1ccccc1OC. The van der Waals surface area contributed by atoms with Crippen molar-refractivity contribution in [2.45, 2.75) is 44.2 Å². The third kappa shape index (κ3) is 2.46. The topological polar surface area (TPSA) is 21.3 Å². The van der Waals surface area contributed by atoms with Crippen molar-refractivity contribution in [2.24, 2.45) is 5.92 Å². The molecule has 2 heteroatoms. The summed E-state index contributed by atoms with van der Waals surface area (Å²) in [5.41, 5.74) is 4.37. The van der Waals surface area contributed by atoms with Gasteiger partial charge in [0.05, 0.1) is 7.11 Å². The molecule has 1 N–H and O–H groups in total. The Hall–Kier alpha value is -1.80. The Morgan fingerprint density at radius 1 is 1.04 bits per heavy atom. The first-order valence-corrected chi connectivity index (χ1v) is 8.79. The number of hydrogen-bond donors (Lipinski definition) is 1. The van der Waals surface area contributed by atoms with Gasteiger partial charge in [0.25, 0.3) is 0 Å². The molecule has 0 aliphatic heterocycles. The molecule has 2 unspecified atom stereocenters. The molecule has 2 atom stereocenters. The Bertz CT molecular complexity index is 690. The standard InChI is InChI=1S/C21H25NO/c1-3-19(18-10-6-7-11-20(18)23-2)22-21-15-12-14(13-15)16-8-4-5-9-17(16)21/h4-11,14-15,19,21-22H,3,12-13H2,1-2H3. The first-order chi connectivity index (χ1) is 11.3. The van der Waals surface area contributed by atoms with Gasteiger partial charge in [0.15, 0.2) is 0 Å². The molecule has 2 aromatic carbocycles. The predicted molar refractivity (Wildman–Crippen MR) is 93.8 cm³/mol. The molecule has 0 aromatic heterocycles. The molecule has 1 saturated carbocycles. The number of nitrogens with one attached hydrogen (secondary N) is 1. The van der Waals surface area contributed by atoms with Gasteiger partial charge in [-0.25, -0.2) is 0 Å². The third-order valence-corrected chi connectivity index (χ3v) is 5.72. The first-order valence-electron chi connectivity index (χ1n) is 8.79. The summed E-state index contributed by atoms with van der Waals surface area (Å²) in [4.78, 5) is 0. The number of para-hydroxylation sites is 1. The quantitative estimate of drug-likeness (QED) is 0.840. The van der Waals surface area contributed by atoms with Crippen LogP contribution in [0.1, 0.15) is 60.9 Å². The maximum Gasteiger partial charge on any atom is 0.123 e. The molecule has 3 aliphatic rings. The number of methoxy groups -OCH3 is 1. The molecule has 2 aromatic rings. The summed E-state index contributed by atoms with van der Waals surface area (Å²) < 4.78 is 5.58. The highest BCUT2D eigenvalue weighted by molar-refractivity contribution is 5.41. The highest BCUT2D eigenvalue weighted by atomic mass is 16.5. The number of rotatable bonds is 5. The molecule has 0 spiro atoms. The van der Waals surface area contributed by atoms with Gasteiger partial charge in [-0.1, -0.05) is 49.4 Å². The van der Waals surface area contributed by atoms with Crippen LogP contribution in [0.4, 0.5) is 0 Å². The molecule has 0 radical (unpaired) electrons. The van der Waals surface area contributed by atoms with Gasteiger partial charge >= 0.3 is 0 Å². The average Bonchev–Trinajstić information content (AvgIpc) is 2.58. The molecular weight excluding hydrogens is 282 g/mol. The summed E-state index contributed by atoms with van der Waals surface area (Å²) in [5.74, 6) is 2.58. The smallest absolute Gasteiger partial charge is 0.123 e. The van der Waals surface area contributed by atoms with Gasteiger partial charge in [-0.3, -0.25) is 0 Å². The number of ether oxygens (including phenoxy) is 1. The van der Waals surface area contributed by atoms with Crippen LogP contribution in [0.5, 0.6) is 5.75 Å². The van der Waals surface area contributed by atoms with Gasteiger partial charge in [-0.05, 0) is 48.3 Å². The molecule has 0 heterocycles. The summed E-state index contributed by atoms with van der Waals surface area (Å²) in [7, 11) is 1.76. The predicted octanol–water partition coefficient (Wildman–Crippen LogP) is 4.98. The molecule has 2 bridgehead atoms. The van der Waals surface area contributed by atoms with Gasteiger partial charge in [-0.15, -0.1) is 0 Å². The molecule has 5 rings (SSSR count). The normalized spacial score (nSPS) is 26.1. The van der Waals surface area contributed by atoms with Crippen molar-refractivity contribution in [1.82, 2.24) is 5.32 Å². The van der Waals surface area contributed by atoms with Crippen LogP contribution in [0.25, 0.3) is 0 Å². The fraction of sp³-hybridized carbons (Fsp3) is 0.429. The van der Waals surface area contributed by atoms with E-state index in [9.17, 15) is 0 Å². The van der Waals surface area contributed by atoms with E-state index in [1.807, 2.05) is 6.07 Å². The highest BCUT2D eigenvalue weighted by Gasteiger charge is 2.44. The van der Waals surface area contributed by atoms with Gasteiger partial charge in [-0.2, -0.15) is 0 Å². The second kappa shape index (κ2) is 6.01. The summed E-state index contributed by atoms with van der Waals surface area (Å²) in [6, 6.07) is 18.2. The fourth-order valence-corrected chi connectivity index (χ4v) is 4.43. The number of hydrogen-bond acceptors (Lipinski definition) is 2. The fourth-order valence-electron chi connectivity index (χ4n) is 4.43. The number of benzene rings is 2. The highest BCUT2D eigenvalue weighted by Crippen LogP contribution is 2.55. The summed E-state index contributed by atoms with van der Waals surface area (Å²) in [6.45, 7) is 2.25. The maximum atomic E-state index is 5.58. The van der Waals surface area contributed by atoms with Gasteiger partial charge < -0.3 is 10.1 Å². The van der Waals surface area contributed by atoms with Crippen molar-refractivity contribution in [3.8, 4) is 5.75 Å². The second-order valence-electron chi connectivity index (χ2n) is 6.90. The summed E-state index contributed by atoms with van der Waals surface area (Å²) >= 11 is 0. The summed E-state index contributed by atoms with van der Waals surface area (Å²) in [5, 5.41) is 3.96. The molecule has 23 heavy (non-hydrogen) atoms. The van der Waals surface area contributed by atoms with E-state index in [4.69, 9.17) is 4.74 Å². The zero-order valence-electron chi connectivity index (χ0n) is 14.0. The minimum Gasteiger partial charge on any atom is -0.496 e. The van der Waals surface area contributed by atoms with E-state index in [1.165, 1.54) is 24.0 Å². The lowest BCUT2D eigenvalue weighted by Crippen LogP contribution is -2.42. The molecule has 2 nitrogen and oxygen atoms in total. The van der Waals surface area contributed by atoms with Crippen molar-refractivity contribution in [3.05, 3.63) is 65.2 Å². The Morgan fingerprint density at radius 2 is 1.74 bits per heavy atom. The Labute approximate surface area is 138 Å². The van der Waals surface area contributed by atoms with Crippen LogP contribution in [-0.2, 0) is 0 Å². The molecular formula is C21H25NO. The molecule has 0 amide bonds. The monoisotopic (exact) mass is 307 g/mol. The van der Waals surface area contributed by atoms with Crippen molar-refractivity contribution in [2.75, 3.05) is 7.11 Å². The minimum absolute atomic E-state index is 0.335. The molecule has 1 fully saturated rings. The molecule has 0 saturated heterocycles. The van der Waals surface area contributed by atoms with Gasteiger partial charge in [0, 0.05) is 17.6 Å². The van der Waals surface area contributed by atoms with Crippen molar-refractivity contribution in [3.63, 3.8) is 0 Å². The Balaban J connectivity index is 1.64. The Kier molecular flexibility index (Phi) is 3.86.